The van der Waals surface area contributed by atoms with Gasteiger partial charge in [-0.15, -0.1) is 5.10 Å². The van der Waals surface area contributed by atoms with Gasteiger partial charge in [0, 0.05) is 13.2 Å². The molecule has 1 rings (SSSR count). The highest BCUT2D eigenvalue weighted by Gasteiger charge is 2.18. The minimum absolute atomic E-state index is 0.146. The molecule has 0 amide bonds. The molecule has 1 aromatic heterocycles. The van der Waals surface area contributed by atoms with E-state index in [1.54, 1.807) is 27.1 Å². The molecule has 0 aromatic carbocycles. The van der Waals surface area contributed by atoms with Gasteiger partial charge in [0.15, 0.2) is 0 Å². The van der Waals surface area contributed by atoms with Crippen molar-refractivity contribution in [2.75, 3.05) is 7.11 Å². The summed E-state index contributed by atoms with van der Waals surface area (Å²) in [5, 5.41) is 3.95. The molecule has 5 nitrogen and oxygen atoms in total. The summed E-state index contributed by atoms with van der Waals surface area (Å²) in [5.41, 5.74) is 0.351. The number of aryl methyl sites for hydroxylation is 1. The summed E-state index contributed by atoms with van der Waals surface area (Å²) in [5.74, 6) is -0.122. The molecule has 0 spiro atoms. The van der Waals surface area contributed by atoms with E-state index in [4.69, 9.17) is 9.47 Å². The van der Waals surface area contributed by atoms with Crippen molar-refractivity contribution in [2.24, 2.45) is 7.05 Å². The van der Waals surface area contributed by atoms with E-state index >= 15 is 0 Å². The first kappa shape index (κ1) is 10.6. The van der Waals surface area contributed by atoms with Crippen molar-refractivity contribution < 1.29 is 14.3 Å². The van der Waals surface area contributed by atoms with Crippen LogP contribution in [-0.2, 0) is 11.8 Å². The molecule has 0 aliphatic carbocycles. The van der Waals surface area contributed by atoms with Crippen LogP contribution in [0.25, 0.3) is 0 Å². The summed E-state index contributed by atoms with van der Waals surface area (Å²) >= 11 is 0. The molecule has 0 N–H and O–H groups in total. The molecule has 0 saturated carbocycles. The SMILES string of the molecule is COc1nn(C)cc1C(=O)OC(C)C. The first-order valence-corrected chi connectivity index (χ1v) is 4.33. The van der Waals surface area contributed by atoms with Crippen LogP contribution in [0.2, 0.25) is 0 Å². The van der Waals surface area contributed by atoms with Gasteiger partial charge in [0.25, 0.3) is 0 Å². The second-order valence-electron chi connectivity index (χ2n) is 3.18. The molecule has 0 bridgehead atoms. The van der Waals surface area contributed by atoms with Gasteiger partial charge in [0.1, 0.15) is 5.56 Å². The van der Waals surface area contributed by atoms with Crippen molar-refractivity contribution in [3.05, 3.63) is 11.8 Å². The molecule has 0 aliphatic rings. The Morgan fingerprint density at radius 2 is 2.21 bits per heavy atom. The number of ether oxygens (including phenoxy) is 2. The lowest BCUT2D eigenvalue weighted by atomic mass is 10.3. The Bertz CT molecular complexity index is 331. The second-order valence-corrected chi connectivity index (χ2v) is 3.18. The maximum absolute atomic E-state index is 11.5. The molecule has 14 heavy (non-hydrogen) atoms. The fourth-order valence-electron chi connectivity index (χ4n) is 1.04. The number of hydrogen-bond acceptors (Lipinski definition) is 4. The summed E-state index contributed by atoms with van der Waals surface area (Å²) in [6.07, 6.45) is 1.43. The lowest BCUT2D eigenvalue weighted by Gasteiger charge is -2.06. The number of hydrogen-bond donors (Lipinski definition) is 0. The predicted octanol–water partition coefficient (Wildman–Crippen LogP) is 0.994. The highest BCUT2D eigenvalue weighted by molar-refractivity contribution is 5.91. The van der Waals surface area contributed by atoms with Gasteiger partial charge in [-0.05, 0) is 13.8 Å². The van der Waals surface area contributed by atoms with E-state index in [1.807, 2.05) is 0 Å². The Labute approximate surface area is 82.6 Å². The standard InChI is InChI=1S/C9H14N2O3/c1-6(2)14-9(12)7-5-11(3)10-8(7)13-4/h5-6H,1-4H3. The van der Waals surface area contributed by atoms with Gasteiger partial charge in [0.2, 0.25) is 5.88 Å². The van der Waals surface area contributed by atoms with Crippen molar-refractivity contribution in [1.82, 2.24) is 9.78 Å². The number of nitrogens with zero attached hydrogens (tertiary/aromatic N) is 2. The van der Waals surface area contributed by atoms with Gasteiger partial charge in [0.05, 0.1) is 13.2 Å². The van der Waals surface area contributed by atoms with Crippen molar-refractivity contribution in [3.8, 4) is 5.88 Å². The fourth-order valence-corrected chi connectivity index (χ4v) is 1.04. The maximum Gasteiger partial charge on any atom is 0.345 e. The molecule has 1 aromatic rings. The van der Waals surface area contributed by atoms with Gasteiger partial charge in [-0.2, -0.15) is 0 Å². The van der Waals surface area contributed by atoms with Crippen LogP contribution >= 0.6 is 0 Å². The van der Waals surface area contributed by atoms with Crippen molar-refractivity contribution in [2.45, 2.75) is 20.0 Å². The van der Waals surface area contributed by atoms with Gasteiger partial charge < -0.3 is 9.47 Å². The van der Waals surface area contributed by atoms with E-state index in [2.05, 4.69) is 5.10 Å². The second kappa shape index (κ2) is 4.13. The summed E-state index contributed by atoms with van der Waals surface area (Å²) in [6.45, 7) is 3.58. The van der Waals surface area contributed by atoms with Crippen molar-refractivity contribution in [1.29, 1.82) is 0 Å². The molecule has 0 atom stereocenters. The highest BCUT2D eigenvalue weighted by Crippen LogP contribution is 2.16. The molecule has 0 saturated heterocycles. The summed E-state index contributed by atoms with van der Waals surface area (Å²) < 4.78 is 11.5. The molecule has 5 heteroatoms. The number of carbonyl (C=O) groups is 1. The third kappa shape index (κ3) is 2.25. The average molecular weight is 198 g/mol. The van der Waals surface area contributed by atoms with Crippen LogP contribution < -0.4 is 4.74 Å². The van der Waals surface area contributed by atoms with Gasteiger partial charge in [-0.25, -0.2) is 4.79 Å². The first-order valence-electron chi connectivity index (χ1n) is 4.33. The molecular weight excluding hydrogens is 184 g/mol. The zero-order chi connectivity index (χ0) is 10.7. The third-order valence-electron chi connectivity index (χ3n) is 1.55. The third-order valence-corrected chi connectivity index (χ3v) is 1.55. The summed E-state index contributed by atoms with van der Waals surface area (Å²) in [4.78, 5) is 11.5. The summed E-state index contributed by atoms with van der Waals surface area (Å²) in [6, 6.07) is 0. The zero-order valence-electron chi connectivity index (χ0n) is 8.77. The molecule has 78 valence electrons. The van der Waals surface area contributed by atoms with Gasteiger partial charge in [-0.3, -0.25) is 4.68 Å². The smallest absolute Gasteiger partial charge is 0.345 e. The van der Waals surface area contributed by atoms with Crippen LogP contribution in [0.1, 0.15) is 24.2 Å². The molecule has 0 fully saturated rings. The molecule has 1 heterocycles. The van der Waals surface area contributed by atoms with Crippen LogP contribution in [0.4, 0.5) is 0 Å². The van der Waals surface area contributed by atoms with E-state index in [0.717, 1.165) is 0 Å². The Morgan fingerprint density at radius 3 is 2.71 bits per heavy atom. The average Bonchev–Trinajstić information content (AvgIpc) is 2.45. The number of methoxy groups -OCH3 is 1. The minimum atomic E-state index is -0.412. The Hall–Kier alpha value is -1.52. The van der Waals surface area contributed by atoms with Crippen molar-refractivity contribution >= 4 is 5.97 Å². The molecule has 0 unspecified atom stereocenters. The number of rotatable bonds is 3. The molecule has 0 radical (unpaired) electrons. The molecule has 0 aliphatic heterocycles. The number of carbonyl (C=O) groups excluding carboxylic acids is 1. The Balaban J connectivity index is 2.88. The lowest BCUT2D eigenvalue weighted by molar-refractivity contribution is 0.0374. The van der Waals surface area contributed by atoms with Crippen LogP contribution in [-0.4, -0.2) is 29.0 Å². The van der Waals surface area contributed by atoms with E-state index in [9.17, 15) is 4.79 Å². The van der Waals surface area contributed by atoms with Crippen LogP contribution in [0.15, 0.2) is 6.20 Å². The summed E-state index contributed by atoms with van der Waals surface area (Å²) in [7, 11) is 3.18. The van der Waals surface area contributed by atoms with E-state index < -0.39 is 5.97 Å². The zero-order valence-corrected chi connectivity index (χ0v) is 8.77. The predicted molar refractivity (Wildman–Crippen MR) is 50.3 cm³/mol. The Morgan fingerprint density at radius 1 is 1.57 bits per heavy atom. The minimum Gasteiger partial charge on any atom is -0.479 e. The fraction of sp³-hybridized carbons (Fsp3) is 0.556. The largest absolute Gasteiger partial charge is 0.479 e. The Kier molecular flexibility index (Phi) is 3.11. The van der Waals surface area contributed by atoms with Gasteiger partial charge >= 0.3 is 5.97 Å². The highest BCUT2D eigenvalue weighted by atomic mass is 16.5. The van der Waals surface area contributed by atoms with Crippen molar-refractivity contribution in [3.63, 3.8) is 0 Å². The van der Waals surface area contributed by atoms with E-state index in [1.165, 1.54) is 11.8 Å². The van der Waals surface area contributed by atoms with Crippen LogP contribution in [0.5, 0.6) is 5.88 Å². The maximum atomic E-state index is 11.5. The monoisotopic (exact) mass is 198 g/mol. The lowest BCUT2D eigenvalue weighted by Crippen LogP contribution is -2.11. The number of aromatic nitrogens is 2. The van der Waals surface area contributed by atoms with Gasteiger partial charge in [-0.1, -0.05) is 0 Å². The normalized spacial score (nSPS) is 10.4. The quantitative estimate of drug-likeness (QED) is 0.680. The topological polar surface area (TPSA) is 53.4 Å². The molecular formula is C9H14N2O3. The number of esters is 1. The van der Waals surface area contributed by atoms with E-state index in [0.29, 0.717) is 5.56 Å². The van der Waals surface area contributed by atoms with Crippen LogP contribution in [0.3, 0.4) is 0 Å². The van der Waals surface area contributed by atoms with Crippen LogP contribution in [0, 0.1) is 0 Å². The van der Waals surface area contributed by atoms with E-state index in [-0.39, 0.29) is 12.0 Å². The first-order chi connectivity index (χ1) is 6.54.